The Hall–Kier alpha value is -3.07. The monoisotopic (exact) mass is 449 g/mol. The van der Waals surface area contributed by atoms with Crippen LogP contribution in [0.15, 0.2) is 46.9 Å². The van der Waals surface area contributed by atoms with Gasteiger partial charge >= 0.3 is 0 Å². The third-order valence-electron chi connectivity index (χ3n) is 3.71. The molecule has 0 aliphatic heterocycles. The Morgan fingerprint density at radius 1 is 0.857 bits per heavy atom. The molecule has 0 saturated carbocycles. The van der Waals surface area contributed by atoms with E-state index >= 15 is 0 Å². The number of amides is 3. The lowest BCUT2D eigenvalue weighted by molar-refractivity contribution is -0.121. The van der Waals surface area contributed by atoms with Gasteiger partial charge in [0.2, 0.25) is 5.91 Å². The highest BCUT2D eigenvalue weighted by atomic mass is 79.9. The van der Waals surface area contributed by atoms with Crippen molar-refractivity contribution in [3.8, 4) is 11.5 Å². The van der Waals surface area contributed by atoms with Crippen molar-refractivity contribution >= 4 is 33.7 Å². The van der Waals surface area contributed by atoms with E-state index < -0.39 is 11.8 Å². The van der Waals surface area contributed by atoms with Gasteiger partial charge < -0.3 is 14.8 Å². The van der Waals surface area contributed by atoms with Crippen LogP contribution < -0.4 is 25.6 Å². The number of hydrazine groups is 1. The number of hydrogen-bond donors (Lipinski definition) is 3. The van der Waals surface area contributed by atoms with Crippen molar-refractivity contribution in [2.45, 2.75) is 6.42 Å². The molecule has 148 valence electrons. The fraction of sp³-hybridized carbons (Fsp3) is 0.211. The predicted octanol–water partition coefficient (Wildman–Crippen LogP) is 2.05. The number of benzene rings is 2. The molecule has 0 aromatic heterocycles. The number of nitrogens with one attached hydrogen (secondary N) is 3. The number of carbonyl (C=O) groups excluding carboxylic acids is 3. The van der Waals surface area contributed by atoms with Gasteiger partial charge in [-0.15, -0.1) is 0 Å². The molecular formula is C19H20BrN3O5. The molecule has 0 radical (unpaired) electrons. The van der Waals surface area contributed by atoms with Gasteiger partial charge in [-0.3, -0.25) is 25.2 Å². The van der Waals surface area contributed by atoms with Gasteiger partial charge in [-0.05, 0) is 42.5 Å². The van der Waals surface area contributed by atoms with Crippen LogP contribution in [0.3, 0.4) is 0 Å². The summed E-state index contributed by atoms with van der Waals surface area (Å²) in [7, 11) is 2.96. The Kier molecular flexibility index (Phi) is 7.82. The van der Waals surface area contributed by atoms with Crippen molar-refractivity contribution in [1.29, 1.82) is 0 Å². The summed E-state index contributed by atoms with van der Waals surface area (Å²) in [4.78, 5) is 35.9. The molecular weight excluding hydrogens is 430 g/mol. The SMILES string of the molecule is COc1ccc(C(=O)NNC(=O)CCNC(=O)c2ccc(Br)cc2)cc1OC. The van der Waals surface area contributed by atoms with E-state index in [-0.39, 0.29) is 18.9 Å². The van der Waals surface area contributed by atoms with Gasteiger partial charge in [0.15, 0.2) is 11.5 Å². The number of hydrogen-bond acceptors (Lipinski definition) is 5. The van der Waals surface area contributed by atoms with Crippen LogP contribution in [-0.4, -0.2) is 38.5 Å². The van der Waals surface area contributed by atoms with Crippen LogP contribution in [-0.2, 0) is 4.79 Å². The highest BCUT2D eigenvalue weighted by Gasteiger charge is 2.12. The molecule has 0 spiro atoms. The first kappa shape index (κ1) is 21.2. The molecule has 2 aromatic rings. The van der Waals surface area contributed by atoms with Crippen molar-refractivity contribution in [3.05, 3.63) is 58.1 Å². The molecule has 9 heteroatoms. The van der Waals surface area contributed by atoms with Crippen LogP contribution in [0.2, 0.25) is 0 Å². The summed E-state index contributed by atoms with van der Waals surface area (Å²) in [6.45, 7) is 0.132. The van der Waals surface area contributed by atoms with Crippen molar-refractivity contribution in [2.75, 3.05) is 20.8 Å². The van der Waals surface area contributed by atoms with Crippen LogP contribution in [0.4, 0.5) is 0 Å². The van der Waals surface area contributed by atoms with Gasteiger partial charge in [0, 0.05) is 28.6 Å². The second-order valence-electron chi connectivity index (χ2n) is 5.58. The number of carbonyl (C=O) groups is 3. The molecule has 8 nitrogen and oxygen atoms in total. The zero-order valence-electron chi connectivity index (χ0n) is 15.4. The fourth-order valence-corrected chi connectivity index (χ4v) is 2.50. The number of ether oxygens (including phenoxy) is 2. The van der Waals surface area contributed by atoms with E-state index in [2.05, 4.69) is 32.1 Å². The molecule has 0 heterocycles. The number of halogens is 1. The first-order chi connectivity index (χ1) is 13.4. The quantitative estimate of drug-likeness (QED) is 0.560. The standard InChI is InChI=1S/C19H20BrN3O5/c1-27-15-8-5-13(11-16(15)28-2)19(26)23-22-17(24)9-10-21-18(25)12-3-6-14(20)7-4-12/h3-8,11H,9-10H2,1-2H3,(H,21,25)(H,22,24)(H,23,26). The lowest BCUT2D eigenvalue weighted by Gasteiger charge is -2.11. The summed E-state index contributed by atoms with van der Waals surface area (Å²) in [6, 6.07) is 11.5. The normalized spacial score (nSPS) is 9.96. The minimum Gasteiger partial charge on any atom is -0.493 e. The average molecular weight is 450 g/mol. The third kappa shape index (κ3) is 5.98. The van der Waals surface area contributed by atoms with Crippen molar-refractivity contribution < 1.29 is 23.9 Å². The molecule has 0 bridgehead atoms. The Labute approximate surface area is 170 Å². The van der Waals surface area contributed by atoms with Crippen LogP contribution in [0.5, 0.6) is 11.5 Å². The van der Waals surface area contributed by atoms with Crippen molar-refractivity contribution in [3.63, 3.8) is 0 Å². The molecule has 3 amide bonds. The van der Waals surface area contributed by atoms with E-state index in [4.69, 9.17) is 9.47 Å². The lowest BCUT2D eigenvalue weighted by Crippen LogP contribution is -2.42. The Morgan fingerprint density at radius 2 is 1.50 bits per heavy atom. The van der Waals surface area contributed by atoms with E-state index in [1.165, 1.54) is 20.3 Å². The second kappa shape index (κ2) is 10.3. The molecule has 2 rings (SSSR count). The van der Waals surface area contributed by atoms with Crippen molar-refractivity contribution in [2.24, 2.45) is 0 Å². The Balaban J connectivity index is 1.76. The predicted molar refractivity (Wildman–Crippen MR) is 106 cm³/mol. The molecule has 3 N–H and O–H groups in total. The maximum absolute atomic E-state index is 12.1. The van der Waals surface area contributed by atoms with Crippen LogP contribution in [0, 0.1) is 0 Å². The second-order valence-corrected chi connectivity index (χ2v) is 6.50. The largest absolute Gasteiger partial charge is 0.493 e. The summed E-state index contributed by atoms with van der Waals surface area (Å²) in [5.74, 6) is -0.338. The highest BCUT2D eigenvalue weighted by Crippen LogP contribution is 2.27. The summed E-state index contributed by atoms with van der Waals surface area (Å²) >= 11 is 3.29. The molecule has 2 aromatic carbocycles. The zero-order chi connectivity index (χ0) is 20.5. The van der Waals surface area contributed by atoms with E-state index in [0.717, 1.165) is 4.47 Å². The van der Waals surface area contributed by atoms with E-state index in [1.54, 1.807) is 36.4 Å². The van der Waals surface area contributed by atoms with Gasteiger partial charge in [-0.2, -0.15) is 0 Å². The first-order valence-corrected chi connectivity index (χ1v) is 9.09. The highest BCUT2D eigenvalue weighted by molar-refractivity contribution is 9.10. The van der Waals surface area contributed by atoms with Gasteiger partial charge in [-0.1, -0.05) is 15.9 Å². The lowest BCUT2D eigenvalue weighted by atomic mass is 10.2. The third-order valence-corrected chi connectivity index (χ3v) is 4.23. The number of rotatable bonds is 7. The Bertz CT molecular complexity index is 855. The summed E-state index contributed by atoms with van der Waals surface area (Å²) in [5.41, 5.74) is 5.39. The van der Waals surface area contributed by atoms with Gasteiger partial charge in [-0.25, -0.2) is 0 Å². The van der Waals surface area contributed by atoms with Crippen LogP contribution in [0.1, 0.15) is 27.1 Å². The first-order valence-electron chi connectivity index (χ1n) is 8.29. The van der Waals surface area contributed by atoms with Gasteiger partial charge in [0.1, 0.15) is 0 Å². The van der Waals surface area contributed by atoms with E-state index in [0.29, 0.717) is 22.6 Å². The summed E-state index contributed by atoms with van der Waals surface area (Å²) in [6.07, 6.45) is 0.00841. The Morgan fingerprint density at radius 3 is 2.14 bits per heavy atom. The molecule has 0 fully saturated rings. The fourth-order valence-electron chi connectivity index (χ4n) is 2.23. The minimum atomic E-state index is -0.506. The molecule has 28 heavy (non-hydrogen) atoms. The minimum absolute atomic E-state index is 0.00841. The average Bonchev–Trinajstić information content (AvgIpc) is 2.71. The topological polar surface area (TPSA) is 106 Å². The number of methoxy groups -OCH3 is 2. The van der Waals surface area contributed by atoms with Crippen LogP contribution in [0.25, 0.3) is 0 Å². The van der Waals surface area contributed by atoms with Crippen molar-refractivity contribution in [1.82, 2.24) is 16.2 Å². The van der Waals surface area contributed by atoms with E-state index in [9.17, 15) is 14.4 Å². The molecule has 0 aliphatic rings. The molecule has 0 atom stereocenters. The summed E-state index contributed by atoms with van der Waals surface area (Å²) in [5, 5.41) is 2.64. The maximum Gasteiger partial charge on any atom is 0.269 e. The molecule has 0 aliphatic carbocycles. The summed E-state index contributed by atoms with van der Waals surface area (Å²) < 4.78 is 11.1. The van der Waals surface area contributed by atoms with Gasteiger partial charge in [0.05, 0.1) is 14.2 Å². The smallest absolute Gasteiger partial charge is 0.269 e. The maximum atomic E-state index is 12.1. The van der Waals surface area contributed by atoms with Gasteiger partial charge in [0.25, 0.3) is 11.8 Å². The zero-order valence-corrected chi connectivity index (χ0v) is 17.0. The molecule has 0 saturated heterocycles. The molecule has 0 unspecified atom stereocenters. The van der Waals surface area contributed by atoms with E-state index in [1.807, 2.05) is 0 Å². The van der Waals surface area contributed by atoms with Crippen LogP contribution >= 0.6 is 15.9 Å².